The van der Waals surface area contributed by atoms with Gasteiger partial charge in [0, 0.05) is 22.7 Å². The number of hydrogen-bond acceptors (Lipinski definition) is 5. The molecule has 41 heavy (non-hydrogen) atoms. The molecule has 8 heteroatoms. The number of halogens is 1. The van der Waals surface area contributed by atoms with Crippen LogP contribution in [0.1, 0.15) is 71.4 Å². The molecule has 1 atom stereocenters. The molecule has 4 aromatic rings. The van der Waals surface area contributed by atoms with Gasteiger partial charge in [-0.15, -0.1) is 0 Å². The average Bonchev–Trinajstić information content (AvgIpc) is 3.53. The minimum Gasteiger partial charge on any atom is -0.507 e. The largest absolute Gasteiger partial charge is 0.507 e. The molecule has 0 fully saturated rings. The van der Waals surface area contributed by atoms with Crippen LogP contribution in [0.2, 0.25) is 5.02 Å². The van der Waals surface area contributed by atoms with Gasteiger partial charge in [0.1, 0.15) is 28.6 Å². The van der Waals surface area contributed by atoms with Crippen molar-refractivity contribution >= 4 is 17.5 Å². The number of benzene rings is 3. The molecule has 1 unspecified atom stereocenters. The van der Waals surface area contributed by atoms with E-state index in [4.69, 9.17) is 21.1 Å². The number of aromatic hydroxyl groups is 1. The SMILES string of the molecule is CCCCCCOc1ccc(C2c3c(-c4cc(Cl)c(C)cc4O)n[nH]c3C(=O)N2CCc2ccc(OC)cc2)cc1. The summed E-state index contributed by atoms with van der Waals surface area (Å²) in [6.07, 6.45) is 5.25. The first-order valence-electron chi connectivity index (χ1n) is 14.2. The molecular formula is C33H36ClN3O4. The fourth-order valence-electron chi connectivity index (χ4n) is 5.34. The van der Waals surface area contributed by atoms with Gasteiger partial charge >= 0.3 is 0 Å². The summed E-state index contributed by atoms with van der Waals surface area (Å²) in [5, 5.41) is 18.8. The van der Waals surface area contributed by atoms with Crippen LogP contribution < -0.4 is 9.47 Å². The van der Waals surface area contributed by atoms with E-state index in [0.717, 1.165) is 46.6 Å². The van der Waals surface area contributed by atoms with Gasteiger partial charge < -0.3 is 19.5 Å². The van der Waals surface area contributed by atoms with E-state index < -0.39 is 6.04 Å². The summed E-state index contributed by atoms with van der Waals surface area (Å²) in [6, 6.07) is 18.7. The Morgan fingerprint density at radius 1 is 1.02 bits per heavy atom. The third kappa shape index (κ3) is 6.05. The maximum absolute atomic E-state index is 13.8. The number of nitrogens with one attached hydrogen (secondary N) is 1. The fraction of sp³-hybridized carbons (Fsp3) is 0.333. The Morgan fingerprint density at radius 3 is 2.46 bits per heavy atom. The van der Waals surface area contributed by atoms with Crippen LogP contribution in [0.15, 0.2) is 60.7 Å². The number of amides is 1. The molecule has 1 amide bonds. The quantitative estimate of drug-likeness (QED) is 0.171. The molecule has 0 saturated carbocycles. The summed E-state index contributed by atoms with van der Waals surface area (Å²) < 4.78 is 11.3. The summed E-state index contributed by atoms with van der Waals surface area (Å²) in [4.78, 5) is 15.6. The number of H-pyrrole nitrogens is 1. The molecule has 5 rings (SSSR count). The van der Waals surface area contributed by atoms with E-state index in [9.17, 15) is 9.90 Å². The lowest BCUT2D eigenvalue weighted by Gasteiger charge is -2.27. The van der Waals surface area contributed by atoms with Gasteiger partial charge in [-0.05, 0) is 72.9 Å². The highest BCUT2D eigenvalue weighted by atomic mass is 35.5. The number of nitrogens with zero attached hydrogens (tertiary/aromatic N) is 2. The minimum absolute atomic E-state index is 0.0657. The van der Waals surface area contributed by atoms with E-state index in [0.29, 0.717) is 41.5 Å². The molecule has 7 nitrogen and oxygen atoms in total. The van der Waals surface area contributed by atoms with Crippen molar-refractivity contribution in [2.45, 2.75) is 52.0 Å². The number of hydrogen-bond donors (Lipinski definition) is 2. The number of ether oxygens (including phenoxy) is 2. The first-order chi connectivity index (χ1) is 19.9. The second-order valence-electron chi connectivity index (χ2n) is 10.5. The molecule has 0 saturated heterocycles. The number of carbonyl (C=O) groups is 1. The Balaban J connectivity index is 1.47. The standard InChI is InChI=1S/C33H36ClN3O4/c1-4-5-6-7-18-41-25-14-10-23(11-15-25)32-29-30(26-20-27(34)21(2)19-28(26)38)35-36-31(29)33(39)37(32)17-16-22-8-12-24(40-3)13-9-22/h8-15,19-20,32,38H,4-7,16-18H2,1-3H3,(H,35,36). The Morgan fingerprint density at radius 2 is 1.76 bits per heavy atom. The third-order valence-corrected chi connectivity index (χ3v) is 8.07. The van der Waals surface area contributed by atoms with E-state index in [1.807, 2.05) is 60.4 Å². The van der Waals surface area contributed by atoms with Gasteiger partial charge in [-0.2, -0.15) is 5.10 Å². The zero-order chi connectivity index (χ0) is 28.9. The molecule has 0 bridgehead atoms. The first-order valence-corrected chi connectivity index (χ1v) is 14.5. The number of aryl methyl sites for hydroxylation is 1. The molecule has 1 aliphatic rings. The molecule has 214 valence electrons. The van der Waals surface area contributed by atoms with Gasteiger partial charge in [-0.1, -0.05) is 62.1 Å². The molecule has 0 radical (unpaired) electrons. The molecule has 0 spiro atoms. The van der Waals surface area contributed by atoms with Gasteiger partial charge in [0.25, 0.3) is 5.91 Å². The lowest BCUT2D eigenvalue weighted by atomic mass is 9.95. The number of rotatable bonds is 12. The van der Waals surface area contributed by atoms with Crippen molar-refractivity contribution in [3.05, 3.63) is 93.6 Å². The summed E-state index contributed by atoms with van der Waals surface area (Å²) in [7, 11) is 1.64. The van der Waals surface area contributed by atoms with Gasteiger partial charge in [-0.3, -0.25) is 9.89 Å². The van der Waals surface area contributed by atoms with Crippen molar-refractivity contribution < 1.29 is 19.4 Å². The second kappa shape index (κ2) is 12.7. The first kappa shape index (κ1) is 28.6. The van der Waals surface area contributed by atoms with Gasteiger partial charge in [0.2, 0.25) is 0 Å². The molecule has 2 heterocycles. The zero-order valence-electron chi connectivity index (χ0n) is 23.7. The molecule has 2 N–H and O–H groups in total. The monoisotopic (exact) mass is 573 g/mol. The number of aromatic nitrogens is 2. The molecule has 0 aliphatic carbocycles. The number of methoxy groups -OCH3 is 1. The predicted molar refractivity (Wildman–Crippen MR) is 161 cm³/mol. The normalized spacial score (nSPS) is 14.4. The lowest BCUT2D eigenvalue weighted by Crippen LogP contribution is -2.31. The second-order valence-corrected chi connectivity index (χ2v) is 10.9. The maximum atomic E-state index is 13.8. The average molecular weight is 574 g/mol. The molecule has 1 aliphatic heterocycles. The molecule has 1 aromatic heterocycles. The van der Waals surface area contributed by atoms with E-state index in [1.54, 1.807) is 19.2 Å². The van der Waals surface area contributed by atoms with E-state index in [1.165, 1.54) is 12.8 Å². The highest BCUT2D eigenvalue weighted by Crippen LogP contribution is 2.45. The molecular weight excluding hydrogens is 538 g/mol. The minimum atomic E-state index is -0.400. The number of phenols is 1. The highest BCUT2D eigenvalue weighted by molar-refractivity contribution is 6.31. The van der Waals surface area contributed by atoms with Crippen LogP contribution in [0, 0.1) is 6.92 Å². The topological polar surface area (TPSA) is 87.7 Å². The summed E-state index contributed by atoms with van der Waals surface area (Å²) in [6.45, 7) is 5.20. The van der Waals surface area contributed by atoms with E-state index >= 15 is 0 Å². The van der Waals surface area contributed by atoms with Crippen molar-refractivity contribution in [1.29, 1.82) is 0 Å². The fourth-order valence-corrected chi connectivity index (χ4v) is 5.51. The van der Waals surface area contributed by atoms with Crippen molar-refractivity contribution in [3.8, 4) is 28.5 Å². The molecule has 3 aromatic carbocycles. The summed E-state index contributed by atoms with van der Waals surface area (Å²) in [5.41, 5.74) is 4.95. The zero-order valence-corrected chi connectivity index (χ0v) is 24.5. The Labute approximate surface area is 246 Å². The number of aromatic amines is 1. The van der Waals surface area contributed by atoms with Crippen LogP contribution in [0.25, 0.3) is 11.3 Å². The lowest BCUT2D eigenvalue weighted by molar-refractivity contribution is 0.0746. The van der Waals surface area contributed by atoms with Crippen LogP contribution in [0.5, 0.6) is 17.2 Å². The Hall–Kier alpha value is -3.97. The van der Waals surface area contributed by atoms with Crippen LogP contribution in [0.4, 0.5) is 0 Å². The van der Waals surface area contributed by atoms with Crippen LogP contribution in [-0.2, 0) is 6.42 Å². The van der Waals surface area contributed by atoms with Gasteiger partial charge in [0.05, 0.1) is 19.8 Å². The Bertz CT molecular complexity index is 1500. The maximum Gasteiger partial charge on any atom is 0.273 e. The number of carbonyl (C=O) groups excluding carboxylic acids is 1. The van der Waals surface area contributed by atoms with Crippen molar-refractivity contribution in [2.75, 3.05) is 20.3 Å². The van der Waals surface area contributed by atoms with E-state index in [2.05, 4.69) is 17.1 Å². The predicted octanol–water partition coefficient (Wildman–Crippen LogP) is 7.50. The van der Waals surface area contributed by atoms with Crippen molar-refractivity contribution in [2.24, 2.45) is 0 Å². The number of fused-ring (bicyclic) bond motifs is 1. The van der Waals surface area contributed by atoms with E-state index in [-0.39, 0.29) is 11.7 Å². The third-order valence-electron chi connectivity index (χ3n) is 7.66. The summed E-state index contributed by atoms with van der Waals surface area (Å²) >= 11 is 6.44. The van der Waals surface area contributed by atoms with Crippen LogP contribution >= 0.6 is 11.6 Å². The van der Waals surface area contributed by atoms with Gasteiger partial charge in [0.15, 0.2) is 0 Å². The van der Waals surface area contributed by atoms with Crippen molar-refractivity contribution in [3.63, 3.8) is 0 Å². The summed E-state index contributed by atoms with van der Waals surface area (Å²) in [5.74, 6) is 1.52. The van der Waals surface area contributed by atoms with Gasteiger partial charge in [-0.25, -0.2) is 0 Å². The van der Waals surface area contributed by atoms with Crippen LogP contribution in [0.3, 0.4) is 0 Å². The number of phenolic OH excluding ortho intramolecular Hbond substituents is 1. The van der Waals surface area contributed by atoms with Crippen LogP contribution in [-0.4, -0.2) is 46.4 Å². The van der Waals surface area contributed by atoms with Crippen molar-refractivity contribution in [1.82, 2.24) is 15.1 Å². The number of unbranched alkanes of at least 4 members (excludes halogenated alkanes) is 3. The Kier molecular flexibility index (Phi) is 8.84. The highest BCUT2D eigenvalue weighted by Gasteiger charge is 2.42. The smallest absolute Gasteiger partial charge is 0.273 e.